The van der Waals surface area contributed by atoms with E-state index in [1.54, 1.807) is 34.2 Å². The summed E-state index contributed by atoms with van der Waals surface area (Å²) >= 11 is 0. The van der Waals surface area contributed by atoms with Gasteiger partial charge < -0.3 is 10.6 Å². The van der Waals surface area contributed by atoms with E-state index >= 15 is 0 Å². The van der Waals surface area contributed by atoms with Crippen LogP contribution in [0, 0.1) is 6.92 Å². The second kappa shape index (κ2) is 12.7. The monoisotopic (exact) mass is 592 g/mol. The van der Waals surface area contributed by atoms with Gasteiger partial charge in [0.25, 0.3) is 5.91 Å². The maximum absolute atomic E-state index is 13.8. The van der Waals surface area contributed by atoms with Gasteiger partial charge in [0.2, 0.25) is 5.95 Å². The Morgan fingerprint density at radius 3 is 2.47 bits per heavy atom. The topological polar surface area (TPSA) is 90.5 Å². The van der Waals surface area contributed by atoms with Crippen LogP contribution in [-0.4, -0.2) is 27.9 Å². The number of nitrogens with one attached hydrogen (secondary N) is 2. The molecule has 0 atom stereocenters. The Balaban J connectivity index is 0.00000207. The molecule has 43 heavy (non-hydrogen) atoms. The highest BCUT2D eigenvalue weighted by Gasteiger charge is 2.42. The third kappa shape index (κ3) is 7.22. The molecule has 0 bridgehead atoms. The van der Waals surface area contributed by atoms with Gasteiger partial charge in [-0.2, -0.15) is 18.2 Å². The number of hydrogen-bond acceptors (Lipinski definition) is 5. The predicted octanol–water partition coefficient (Wildman–Crippen LogP) is 8.08. The number of alkyl halides is 3. The molecule has 1 aliphatic heterocycles. The fraction of sp³-hybridized carbons (Fsp3) is 0.312. The summed E-state index contributed by atoms with van der Waals surface area (Å²) in [5.41, 5.74) is 3.13. The zero-order chi connectivity index (χ0) is 31.5. The van der Waals surface area contributed by atoms with Gasteiger partial charge in [0.05, 0.1) is 17.8 Å². The van der Waals surface area contributed by atoms with E-state index in [-0.39, 0.29) is 24.2 Å². The molecule has 1 saturated carbocycles. The van der Waals surface area contributed by atoms with E-state index in [4.69, 9.17) is 0 Å². The van der Waals surface area contributed by atoms with Crippen LogP contribution >= 0.6 is 0 Å². The van der Waals surface area contributed by atoms with Crippen molar-refractivity contribution in [2.24, 2.45) is 0 Å². The standard InChI is InChI=1S/C30H29F3N6O2.C2H6/c1-17(2)12-19(4)35-28-34-15-21-16-38(29(41)39(24-10-11-24)26(21)37-28)25-14-23(9-8-18(25)3)36-27(40)20-6-5-7-22(13-20)30(31,32)33;1-2/h5-9,12-15,24H,1,10-11,16H2,2-4H3,(H,36,40)(H,34,35,37);1-2H3/b19-12+;. The van der Waals surface area contributed by atoms with Crippen LogP contribution < -0.4 is 20.4 Å². The Hall–Kier alpha value is -4.67. The van der Waals surface area contributed by atoms with Gasteiger partial charge in [-0.05, 0) is 75.6 Å². The molecule has 1 fully saturated rings. The molecule has 11 heteroatoms. The average Bonchev–Trinajstić information content (AvgIpc) is 3.79. The number of hydrogen-bond donors (Lipinski definition) is 2. The Kier molecular flexibility index (Phi) is 9.22. The van der Waals surface area contributed by atoms with Crippen molar-refractivity contribution in [1.29, 1.82) is 0 Å². The van der Waals surface area contributed by atoms with Crippen molar-refractivity contribution in [3.05, 3.63) is 94.8 Å². The molecule has 1 aliphatic carbocycles. The first-order valence-electron chi connectivity index (χ1n) is 14.1. The number of allylic oxidation sites excluding steroid dienone is 3. The molecular weight excluding hydrogens is 557 g/mol. The molecule has 1 aromatic heterocycles. The Morgan fingerprint density at radius 1 is 1.09 bits per heavy atom. The summed E-state index contributed by atoms with van der Waals surface area (Å²) in [6.07, 6.45) is 0.712. The molecule has 0 radical (unpaired) electrons. The number of amides is 3. The van der Waals surface area contributed by atoms with Gasteiger partial charge in [-0.25, -0.2) is 9.78 Å². The van der Waals surface area contributed by atoms with Crippen LogP contribution in [0.2, 0.25) is 0 Å². The van der Waals surface area contributed by atoms with Gasteiger partial charge in [-0.15, -0.1) is 0 Å². The number of aromatic nitrogens is 2. The normalized spacial score (nSPS) is 14.9. The number of carbonyl (C=O) groups excluding carboxylic acids is 2. The molecular formula is C32H35F3N6O2. The molecule has 8 nitrogen and oxygen atoms in total. The van der Waals surface area contributed by atoms with Crippen molar-refractivity contribution in [3.8, 4) is 0 Å². The van der Waals surface area contributed by atoms with Crippen molar-refractivity contribution < 1.29 is 22.8 Å². The van der Waals surface area contributed by atoms with Crippen LogP contribution in [-0.2, 0) is 12.7 Å². The van der Waals surface area contributed by atoms with Crippen molar-refractivity contribution >= 4 is 35.1 Å². The number of carbonyl (C=O) groups is 2. The van der Waals surface area contributed by atoms with E-state index in [0.717, 1.165) is 47.4 Å². The van der Waals surface area contributed by atoms with Gasteiger partial charge >= 0.3 is 12.2 Å². The lowest BCUT2D eigenvalue weighted by atomic mass is 10.1. The van der Waals surface area contributed by atoms with Crippen molar-refractivity contribution in [1.82, 2.24) is 9.97 Å². The SMILES string of the molecule is C=C(C)/C=C(\C)Nc1ncc2c(n1)N(C1CC1)C(=O)N(c1cc(NC(=O)c3cccc(C(F)(F)F)c3)ccc1C)C2.CC. The number of anilines is 4. The fourth-order valence-corrected chi connectivity index (χ4v) is 4.69. The summed E-state index contributed by atoms with van der Waals surface area (Å²) in [5.74, 6) is 0.243. The van der Waals surface area contributed by atoms with E-state index in [1.165, 1.54) is 12.1 Å². The Morgan fingerprint density at radius 2 is 1.81 bits per heavy atom. The molecule has 2 aromatic carbocycles. The number of aryl methyl sites for hydroxylation is 1. The molecule has 5 rings (SSSR count). The zero-order valence-electron chi connectivity index (χ0n) is 24.8. The van der Waals surface area contributed by atoms with Crippen LogP contribution in [0.1, 0.15) is 67.6 Å². The number of rotatable bonds is 7. The van der Waals surface area contributed by atoms with E-state index in [1.807, 2.05) is 40.7 Å². The lowest BCUT2D eigenvalue weighted by Gasteiger charge is -2.37. The first kappa shape index (κ1) is 31.3. The summed E-state index contributed by atoms with van der Waals surface area (Å²) in [5, 5.41) is 5.81. The predicted molar refractivity (Wildman–Crippen MR) is 163 cm³/mol. The molecule has 226 valence electrons. The van der Waals surface area contributed by atoms with Crippen LogP contribution in [0.3, 0.4) is 0 Å². The number of fused-ring (bicyclic) bond motifs is 1. The van der Waals surface area contributed by atoms with Gasteiger partial charge in [0.1, 0.15) is 5.82 Å². The second-order valence-corrected chi connectivity index (χ2v) is 10.3. The average molecular weight is 593 g/mol. The third-order valence-corrected chi connectivity index (χ3v) is 6.73. The van der Waals surface area contributed by atoms with Gasteiger partial charge in [0, 0.05) is 34.8 Å². The molecule has 2 N–H and O–H groups in total. The van der Waals surface area contributed by atoms with Crippen LogP contribution in [0.25, 0.3) is 0 Å². The van der Waals surface area contributed by atoms with Gasteiger partial charge in [-0.1, -0.05) is 38.1 Å². The van der Waals surface area contributed by atoms with E-state index in [2.05, 4.69) is 27.2 Å². The van der Waals surface area contributed by atoms with E-state index in [0.29, 0.717) is 23.1 Å². The highest BCUT2D eigenvalue weighted by atomic mass is 19.4. The summed E-state index contributed by atoms with van der Waals surface area (Å²) < 4.78 is 39.4. The maximum atomic E-state index is 13.8. The van der Waals surface area contributed by atoms with Crippen LogP contribution in [0.15, 0.2) is 72.6 Å². The number of halogens is 3. The van der Waals surface area contributed by atoms with Crippen molar-refractivity contribution in [2.75, 3.05) is 20.4 Å². The zero-order valence-corrected chi connectivity index (χ0v) is 24.8. The minimum absolute atomic E-state index is 0.0166. The smallest absolute Gasteiger partial charge is 0.328 e. The molecule has 3 aromatic rings. The Bertz CT molecular complexity index is 1580. The highest BCUT2D eigenvalue weighted by molar-refractivity contribution is 6.08. The molecule has 2 heterocycles. The fourth-order valence-electron chi connectivity index (χ4n) is 4.69. The third-order valence-electron chi connectivity index (χ3n) is 6.73. The first-order valence-corrected chi connectivity index (χ1v) is 14.1. The summed E-state index contributed by atoms with van der Waals surface area (Å²) in [4.78, 5) is 39.1. The minimum Gasteiger partial charge on any atom is -0.328 e. The molecule has 0 unspecified atom stereocenters. The number of nitrogens with zero attached hydrogens (tertiary/aromatic N) is 4. The quantitative estimate of drug-likeness (QED) is 0.271. The summed E-state index contributed by atoms with van der Waals surface area (Å²) in [7, 11) is 0. The second-order valence-electron chi connectivity index (χ2n) is 10.3. The minimum atomic E-state index is -4.56. The van der Waals surface area contributed by atoms with E-state index < -0.39 is 17.6 Å². The van der Waals surface area contributed by atoms with Gasteiger partial charge in [0.15, 0.2) is 0 Å². The summed E-state index contributed by atoms with van der Waals surface area (Å²) in [6, 6.07) is 9.04. The maximum Gasteiger partial charge on any atom is 0.416 e. The lowest BCUT2D eigenvalue weighted by molar-refractivity contribution is -0.137. The van der Waals surface area contributed by atoms with Crippen molar-refractivity contribution in [2.45, 2.75) is 66.2 Å². The number of urea groups is 1. The molecule has 3 amide bonds. The van der Waals surface area contributed by atoms with Crippen LogP contribution in [0.4, 0.5) is 41.1 Å². The summed E-state index contributed by atoms with van der Waals surface area (Å²) in [6.45, 7) is 13.7. The van der Waals surface area contributed by atoms with E-state index in [9.17, 15) is 22.8 Å². The molecule has 2 aliphatic rings. The largest absolute Gasteiger partial charge is 0.416 e. The molecule has 0 spiro atoms. The van der Waals surface area contributed by atoms with Crippen LogP contribution in [0.5, 0.6) is 0 Å². The lowest BCUT2D eigenvalue weighted by Crippen LogP contribution is -2.49. The number of benzene rings is 2. The van der Waals surface area contributed by atoms with Gasteiger partial charge in [-0.3, -0.25) is 14.6 Å². The molecule has 0 saturated heterocycles. The van der Waals surface area contributed by atoms with Crippen molar-refractivity contribution in [3.63, 3.8) is 0 Å². The Labute approximate surface area is 249 Å². The first-order chi connectivity index (χ1) is 20.4. The highest BCUT2D eigenvalue weighted by Crippen LogP contribution is 2.40.